The van der Waals surface area contributed by atoms with Crippen LogP contribution in [0.25, 0.3) is 0 Å². The van der Waals surface area contributed by atoms with Crippen molar-refractivity contribution in [1.82, 2.24) is 0 Å². The van der Waals surface area contributed by atoms with E-state index in [1.165, 1.54) is 21.1 Å². The molecule has 2 aromatic carbocycles. The van der Waals surface area contributed by atoms with Crippen LogP contribution in [0.15, 0.2) is 60.7 Å². The van der Waals surface area contributed by atoms with E-state index < -0.39 is 15.2 Å². The summed E-state index contributed by atoms with van der Waals surface area (Å²) in [5, 5.41) is 0. The summed E-state index contributed by atoms with van der Waals surface area (Å²) in [7, 11) is 6.94. The molecule has 116 valence electrons. The third-order valence-electron chi connectivity index (χ3n) is 4.57. The molecule has 2 aromatic rings. The van der Waals surface area contributed by atoms with Gasteiger partial charge in [0.05, 0.1) is 0 Å². The summed E-state index contributed by atoms with van der Waals surface area (Å²) < 4.78 is 0. The Morgan fingerprint density at radius 2 is 1.00 bits per heavy atom. The molecule has 0 bridgehead atoms. The van der Waals surface area contributed by atoms with Crippen LogP contribution in [0.4, 0.5) is 0 Å². The quantitative estimate of drug-likeness (QED) is 0.532. The Morgan fingerprint density at radius 1 is 0.682 bits per heavy atom. The van der Waals surface area contributed by atoms with Gasteiger partial charge in [0.1, 0.15) is 0 Å². The van der Waals surface area contributed by atoms with Crippen LogP contribution in [0.1, 0.15) is 38.8 Å². The van der Waals surface area contributed by atoms with Crippen LogP contribution in [0.5, 0.6) is 0 Å². The molecule has 0 aliphatic heterocycles. The maximum absolute atomic E-state index is 6.94. The van der Waals surface area contributed by atoms with Crippen molar-refractivity contribution in [2.45, 2.75) is 48.5 Å². The first-order valence-electron chi connectivity index (χ1n) is 8.06. The van der Waals surface area contributed by atoms with Crippen LogP contribution < -0.4 is 0 Å². The molecule has 0 radical (unpaired) electrons. The van der Waals surface area contributed by atoms with Crippen LogP contribution in [0.2, 0.25) is 9.95 Å². The SMILES string of the molecule is CC(C)([CH2][Ga]([Cl])[CH2]C(C)(C)c1ccccc1)c1ccccc1. The molecule has 0 spiro atoms. The Bertz CT molecular complexity index is 522. The maximum atomic E-state index is 6.94. The number of rotatable bonds is 6. The van der Waals surface area contributed by atoms with Crippen LogP contribution in [-0.4, -0.2) is 15.2 Å². The van der Waals surface area contributed by atoms with E-state index in [4.69, 9.17) is 9.64 Å². The molecule has 0 aliphatic rings. The van der Waals surface area contributed by atoms with Crippen molar-refractivity contribution in [2.24, 2.45) is 0 Å². The first-order valence-corrected chi connectivity index (χ1v) is 14.7. The van der Waals surface area contributed by atoms with Crippen LogP contribution >= 0.6 is 9.64 Å². The predicted molar refractivity (Wildman–Crippen MR) is 100 cm³/mol. The van der Waals surface area contributed by atoms with Gasteiger partial charge in [-0.3, -0.25) is 0 Å². The summed E-state index contributed by atoms with van der Waals surface area (Å²) in [5.74, 6) is 0. The Kier molecular flexibility index (Phi) is 5.87. The van der Waals surface area contributed by atoms with E-state index in [9.17, 15) is 0 Å². The summed E-state index contributed by atoms with van der Waals surface area (Å²) in [6.07, 6.45) is 0. The van der Waals surface area contributed by atoms with E-state index >= 15 is 0 Å². The van der Waals surface area contributed by atoms with E-state index in [1.807, 2.05) is 0 Å². The second-order valence-corrected chi connectivity index (χ2v) is 14.9. The van der Waals surface area contributed by atoms with Crippen molar-refractivity contribution in [3.05, 3.63) is 71.8 Å². The molecule has 0 atom stereocenters. The van der Waals surface area contributed by atoms with Gasteiger partial charge in [-0.05, 0) is 0 Å². The second kappa shape index (κ2) is 7.29. The zero-order valence-corrected chi connectivity index (χ0v) is 17.3. The fourth-order valence-electron chi connectivity index (χ4n) is 3.19. The summed E-state index contributed by atoms with van der Waals surface area (Å²) in [6, 6.07) is 21.6. The Balaban J connectivity index is 2.05. The molecule has 22 heavy (non-hydrogen) atoms. The molecule has 0 aromatic heterocycles. The Hall–Kier alpha value is -0.634. The van der Waals surface area contributed by atoms with Gasteiger partial charge in [-0.2, -0.15) is 0 Å². The third-order valence-corrected chi connectivity index (χ3v) is 12.3. The van der Waals surface area contributed by atoms with Crippen molar-refractivity contribution in [2.75, 3.05) is 0 Å². The summed E-state index contributed by atoms with van der Waals surface area (Å²) in [6.45, 7) is 9.33. The van der Waals surface area contributed by atoms with E-state index in [1.54, 1.807) is 0 Å². The average Bonchev–Trinajstić information content (AvgIpc) is 2.48. The summed E-state index contributed by atoms with van der Waals surface area (Å²) in [5.41, 5.74) is 3.17. The zero-order valence-electron chi connectivity index (χ0n) is 14.1. The minimum atomic E-state index is -1.84. The summed E-state index contributed by atoms with van der Waals surface area (Å²) >= 11 is -1.84. The van der Waals surface area contributed by atoms with E-state index in [0.717, 1.165) is 0 Å². The minimum absolute atomic E-state index is 0.181. The Labute approximate surface area is 145 Å². The molecule has 0 fully saturated rings. The zero-order chi connectivity index (χ0) is 16.2. The van der Waals surface area contributed by atoms with Gasteiger partial charge in [0, 0.05) is 0 Å². The van der Waals surface area contributed by atoms with Crippen LogP contribution in [-0.2, 0) is 10.8 Å². The number of hydrogen-bond acceptors (Lipinski definition) is 0. The van der Waals surface area contributed by atoms with Gasteiger partial charge < -0.3 is 0 Å². The first-order chi connectivity index (χ1) is 10.3. The van der Waals surface area contributed by atoms with Crippen molar-refractivity contribution in [3.8, 4) is 0 Å². The van der Waals surface area contributed by atoms with Crippen LogP contribution in [0.3, 0.4) is 0 Å². The van der Waals surface area contributed by atoms with Gasteiger partial charge in [-0.25, -0.2) is 0 Å². The van der Waals surface area contributed by atoms with Crippen molar-refractivity contribution >= 4 is 24.9 Å². The summed E-state index contributed by atoms with van der Waals surface area (Å²) in [4.78, 5) is 2.34. The van der Waals surface area contributed by atoms with Gasteiger partial charge in [0.25, 0.3) is 0 Å². The van der Waals surface area contributed by atoms with Gasteiger partial charge in [0.2, 0.25) is 0 Å². The number of benzene rings is 2. The second-order valence-electron chi connectivity index (χ2n) is 7.51. The molecule has 0 amide bonds. The van der Waals surface area contributed by atoms with E-state index in [-0.39, 0.29) is 10.8 Å². The topological polar surface area (TPSA) is 0 Å². The molecule has 0 aliphatic carbocycles. The van der Waals surface area contributed by atoms with Gasteiger partial charge in [-0.1, -0.05) is 0 Å². The van der Waals surface area contributed by atoms with Crippen molar-refractivity contribution in [3.63, 3.8) is 0 Å². The van der Waals surface area contributed by atoms with Gasteiger partial charge >= 0.3 is 145 Å². The molecule has 0 heterocycles. The molecule has 0 N–H and O–H groups in total. The van der Waals surface area contributed by atoms with E-state index in [2.05, 4.69) is 88.4 Å². The normalized spacial score (nSPS) is 12.2. The van der Waals surface area contributed by atoms with Crippen molar-refractivity contribution in [1.29, 1.82) is 0 Å². The number of halogens is 1. The third kappa shape index (κ3) is 4.68. The molecule has 0 saturated carbocycles. The Morgan fingerprint density at radius 3 is 1.32 bits per heavy atom. The molecule has 0 saturated heterocycles. The first kappa shape index (κ1) is 17.7. The fraction of sp³-hybridized carbons (Fsp3) is 0.400. The van der Waals surface area contributed by atoms with Crippen molar-refractivity contribution < 1.29 is 0 Å². The predicted octanol–water partition coefficient (Wildman–Crippen LogP) is 6.17. The number of hydrogen-bond donors (Lipinski definition) is 0. The molecule has 2 heteroatoms. The fourth-order valence-corrected chi connectivity index (χ4v) is 13.1. The van der Waals surface area contributed by atoms with Gasteiger partial charge in [-0.15, -0.1) is 0 Å². The van der Waals surface area contributed by atoms with Crippen LogP contribution in [0, 0.1) is 0 Å². The van der Waals surface area contributed by atoms with Gasteiger partial charge in [0.15, 0.2) is 0 Å². The average molecular weight is 372 g/mol. The monoisotopic (exact) mass is 370 g/mol. The van der Waals surface area contributed by atoms with E-state index in [0.29, 0.717) is 0 Å². The molecule has 2 rings (SSSR count). The molecule has 0 nitrogen and oxygen atoms in total. The molecular weight excluding hydrogens is 345 g/mol. The molecule has 0 unspecified atom stereocenters. The standard InChI is InChI=1S/2C10H13.ClH.Ga/c2*1-10(2,3)9-7-5-4-6-8-9;;/h2*4-8H,1H2,2-3H3;1H;/q;;;+1/p-1. The molecular formula is C20H26ClGa.